The lowest BCUT2D eigenvalue weighted by Crippen LogP contribution is -2.40. The summed E-state index contributed by atoms with van der Waals surface area (Å²) < 4.78 is 13.6. The molecule has 2 rings (SSSR count). The molecule has 1 aliphatic carbocycles. The van der Waals surface area contributed by atoms with E-state index in [1.165, 1.54) is 6.07 Å². The van der Waals surface area contributed by atoms with E-state index in [0.29, 0.717) is 5.56 Å². The zero-order chi connectivity index (χ0) is 13.8. The highest BCUT2D eigenvalue weighted by molar-refractivity contribution is 5.83. The number of carbonyl (C=O) groups excluding carboxylic acids is 1. The first-order valence-corrected chi connectivity index (χ1v) is 6.81. The SMILES string of the molecule is CC(C(=O)NC1CCC(O)CC1)c1ccccc1F. The maximum atomic E-state index is 13.6. The van der Waals surface area contributed by atoms with Gasteiger partial charge in [0.25, 0.3) is 0 Å². The third-order valence-corrected chi connectivity index (χ3v) is 3.81. The third-order valence-electron chi connectivity index (χ3n) is 3.81. The molecule has 19 heavy (non-hydrogen) atoms. The van der Waals surface area contributed by atoms with Crippen molar-refractivity contribution in [3.05, 3.63) is 35.6 Å². The van der Waals surface area contributed by atoms with Crippen LogP contribution < -0.4 is 5.32 Å². The first-order valence-electron chi connectivity index (χ1n) is 6.81. The van der Waals surface area contributed by atoms with E-state index in [1.807, 2.05) is 0 Å². The molecule has 1 aromatic carbocycles. The summed E-state index contributed by atoms with van der Waals surface area (Å²) in [6.45, 7) is 1.71. The Morgan fingerprint density at radius 3 is 2.58 bits per heavy atom. The highest BCUT2D eigenvalue weighted by Crippen LogP contribution is 2.22. The van der Waals surface area contributed by atoms with E-state index < -0.39 is 5.92 Å². The summed E-state index contributed by atoms with van der Waals surface area (Å²) in [5.74, 6) is -0.983. The van der Waals surface area contributed by atoms with Crippen LogP contribution in [0.1, 0.15) is 44.1 Å². The fourth-order valence-corrected chi connectivity index (χ4v) is 2.51. The molecule has 2 N–H and O–H groups in total. The quantitative estimate of drug-likeness (QED) is 0.881. The number of halogens is 1. The van der Waals surface area contributed by atoms with Crippen LogP contribution in [-0.4, -0.2) is 23.2 Å². The molecule has 0 radical (unpaired) electrons. The molecule has 1 aliphatic rings. The number of carbonyl (C=O) groups is 1. The molecule has 1 saturated carbocycles. The molecule has 4 heteroatoms. The topological polar surface area (TPSA) is 49.3 Å². The fourth-order valence-electron chi connectivity index (χ4n) is 2.51. The zero-order valence-corrected chi connectivity index (χ0v) is 11.1. The smallest absolute Gasteiger partial charge is 0.227 e. The average Bonchev–Trinajstić information content (AvgIpc) is 2.41. The molecule has 3 nitrogen and oxygen atoms in total. The Morgan fingerprint density at radius 2 is 1.95 bits per heavy atom. The van der Waals surface area contributed by atoms with Gasteiger partial charge in [-0.05, 0) is 44.2 Å². The van der Waals surface area contributed by atoms with Crippen LogP contribution in [0.15, 0.2) is 24.3 Å². The van der Waals surface area contributed by atoms with Gasteiger partial charge in [-0.3, -0.25) is 4.79 Å². The minimum absolute atomic E-state index is 0.102. The van der Waals surface area contributed by atoms with Gasteiger partial charge in [0.15, 0.2) is 0 Å². The van der Waals surface area contributed by atoms with Gasteiger partial charge in [0, 0.05) is 6.04 Å². The van der Waals surface area contributed by atoms with Crippen LogP contribution >= 0.6 is 0 Å². The Bertz CT molecular complexity index is 442. The molecule has 1 fully saturated rings. The van der Waals surface area contributed by atoms with Gasteiger partial charge >= 0.3 is 0 Å². The predicted molar refractivity (Wildman–Crippen MR) is 71.2 cm³/mol. The van der Waals surface area contributed by atoms with E-state index in [2.05, 4.69) is 5.32 Å². The Hall–Kier alpha value is -1.42. The summed E-state index contributed by atoms with van der Waals surface area (Å²) >= 11 is 0. The van der Waals surface area contributed by atoms with Crippen molar-refractivity contribution in [2.24, 2.45) is 0 Å². The number of amides is 1. The third kappa shape index (κ3) is 3.53. The van der Waals surface area contributed by atoms with Gasteiger partial charge < -0.3 is 10.4 Å². The van der Waals surface area contributed by atoms with Crippen LogP contribution in [0.3, 0.4) is 0 Å². The largest absolute Gasteiger partial charge is 0.393 e. The minimum Gasteiger partial charge on any atom is -0.393 e. The zero-order valence-electron chi connectivity index (χ0n) is 11.1. The minimum atomic E-state index is -0.493. The predicted octanol–water partition coefficient (Wildman–Crippen LogP) is 2.35. The second kappa shape index (κ2) is 6.15. The Labute approximate surface area is 112 Å². The van der Waals surface area contributed by atoms with E-state index in [1.54, 1.807) is 25.1 Å². The summed E-state index contributed by atoms with van der Waals surface area (Å²) in [7, 11) is 0. The highest BCUT2D eigenvalue weighted by Gasteiger charge is 2.24. The molecule has 0 spiro atoms. The molecule has 1 unspecified atom stereocenters. The van der Waals surface area contributed by atoms with Crippen molar-refractivity contribution in [2.45, 2.75) is 50.7 Å². The van der Waals surface area contributed by atoms with Gasteiger partial charge in [-0.15, -0.1) is 0 Å². The molecule has 1 amide bonds. The second-order valence-corrected chi connectivity index (χ2v) is 5.26. The van der Waals surface area contributed by atoms with Crippen LogP contribution in [-0.2, 0) is 4.79 Å². The number of rotatable bonds is 3. The van der Waals surface area contributed by atoms with E-state index in [0.717, 1.165) is 25.7 Å². The van der Waals surface area contributed by atoms with Gasteiger partial charge in [0.1, 0.15) is 5.82 Å². The van der Waals surface area contributed by atoms with Crippen molar-refractivity contribution in [3.8, 4) is 0 Å². The second-order valence-electron chi connectivity index (χ2n) is 5.26. The maximum absolute atomic E-state index is 13.6. The van der Waals surface area contributed by atoms with Gasteiger partial charge in [0.05, 0.1) is 12.0 Å². The van der Waals surface area contributed by atoms with Crippen LogP contribution in [0.5, 0.6) is 0 Å². The fraction of sp³-hybridized carbons (Fsp3) is 0.533. The van der Waals surface area contributed by atoms with Crippen LogP contribution in [0.4, 0.5) is 4.39 Å². The Balaban J connectivity index is 1.95. The number of aliphatic hydroxyl groups is 1. The standard InChI is InChI=1S/C15H20FNO2/c1-10(13-4-2-3-5-14(13)16)15(19)17-11-6-8-12(18)9-7-11/h2-5,10-12,18H,6-9H2,1H3,(H,17,19). The molecular weight excluding hydrogens is 245 g/mol. The molecule has 0 aliphatic heterocycles. The number of hydrogen-bond donors (Lipinski definition) is 2. The van der Waals surface area contributed by atoms with Gasteiger partial charge in [0.2, 0.25) is 5.91 Å². The van der Waals surface area contributed by atoms with Gasteiger partial charge in [-0.2, -0.15) is 0 Å². The van der Waals surface area contributed by atoms with Gasteiger partial charge in [-0.25, -0.2) is 4.39 Å². The van der Waals surface area contributed by atoms with Gasteiger partial charge in [-0.1, -0.05) is 18.2 Å². The first kappa shape index (κ1) is 14.0. The highest BCUT2D eigenvalue weighted by atomic mass is 19.1. The lowest BCUT2D eigenvalue weighted by atomic mass is 9.92. The molecule has 1 atom stereocenters. The Kier molecular flexibility index (Phi) is 4.53. The van der Waals surface area contributed by atoms with Crippen LogP contribution in [0.25, 0.3) is 0 Å². The van der Waals surface area contributed by atoms with Crippen molar-refractivity contribution in [2.75, 3.05) is 0 Å². The summed E-state index contributed by atoms with van der Waals surface area (Å²) in [5, 5.41) is 12.4. The molecule has 1 aromatic rings. The summed E-state index contributed by atoms with van der Waals surface area (Å²) in [6.07, 6.45) is 2.78. The van der Waals surface area contributed by atoms with Crippen molar-refractivity contribution in [3.63, 3.8) is 0 Å². The molecular formula is C15H20FNO2. The lowest BCUT2D eigenvalue weighted by molar-refractivity contribution is -0.123. The molecule has 0 saturated heterocycles. The summed E-state index contributed by atoms with van der Waals surface area (Å²) in [5.41, 5.74) is 0.427. The lowest BCUT2D eigenvalue weighted by Gasteiger charge is -2.27. The number of benzene rings is 1. The van der Waals surface area contributed by atoms with E-state index in [-0.39, 0.29) is 23.9 Å². The molecule has 0 bridgehead atoms. The van der Waals surface area contributed by atoms with Crippen LogP contribution in [0.2, 0.25) is 0 Å². The van der Waals surface area contributed by atoms with Crippen molar-refractivity contribution in [1.29, 1.82) is 0 Å². The first-order chi connectivity index (χ1) is 9.08. The molecule has 104 valence electrons. The van der Waals surface area contributed by atoms with E-state index >= 15 is 0 Å². The van der Waals surface area contributed by atoms with E-state index in [4.69, 9.17) is 0 Å². The maximum Gasteiger partial charge on any atom is 0.227 e. The molecule has 0 heterocycles. The number of nitrogens with one attached hydrogen (secondary N) is 1. The van der Waals surface area contributed by atoms with E-state index in [9.17, 15) is 14.3 Å². The van der Waals surface area contributed by atoms with Crippen molar-refractivity contribution >= 4 is 5.91 Å². The summed E-state index contributed by atoms with van der Waals surface area (Å²) in [6, 6.07) is 6.47. The normalized spacial score (nSPS) is 24.8. The van der Waals surface area contributed by atoms with Crippen molar-refractivity contribution in [1.82, 2.24) is 5.32 Å². The van der Waals surface area contributed by atoms with Crippen molar-refractivity contribution < 1.29 is 14.3 Å². The Morgan fingerprint density at radius 1 is 1.32 bits per heavy atom. The summed E-state index contributed by atoms with van der Waals surface area (Å²) in [4.78, 5) is 12.1. The van der Waals surface area contributed by atoms with Crippen LogP contribution in [0, 0.1) is 5.82 Å². The number of hydrogen-bond acceptors (Lipinski definition) is 2. The molecule has 0 aromatic heterocycles. The number of aliphatic hydroxyl groups excluding tert-OH is 1. The average molecular weight is 265 g/mol. The monoisotopic (exact) mass is 265 g/mol.